The third-order valence-corrected chi connectivity index (χ3v) is 3.18. The molecule has 3 heteroatoms. The Morgan fingerprint density at radius 1 is 1.44 bits per heavy atom. The van der Waals surface area contributed by atoms with E-state index in [-0.39, 0.29) is 5.75 Å². The molecule has 0 aliphatic carbocycles. The molecule has 0 bridgehead atoms. The molecule has 2 N–H and O–H groups in total. The molecule has 1 atom stereocenters. The van der Waals surface area contributed by atoms with Crippen LogP contribution in [0, 0.1) is 12.8 Å². The first kappa shape index (κ1) is 12.7. The summed E-state index contributed by atoms with van der Waals surface area (Å²) in [5, 5.41) is 13.2. The first-order valence-electron chi connectivity index (χ1n) is 6.50. The predicted molar refractivity (Wildman–Crippen MR) is 76.1 cm³/mol. The summed E-state index contributed by atoms with van der Waals surface area (Å²) < 4.78 is 0. The number of anilines is 1. The van der Waals surface area contributed by atoms with Crippen LogP contribution in [0.1, 0.15) is 31.7 Å². The average molecular weight is 244 g/mol. The van der Waals surface area contributed by atoms with E-state index in [9.17, 15) is 5.11 Å². The lowest BCUT2D eigenvalue weighted by molar-refractivity contribution is 0.477. The fourth-order valence-corrected chi connectivity index (χ4v) is 2.20. The van der Waals surface area contributed by atoms with Crippen molar-refractivity contribution in [1.29, 1.82) is 0 Å². The van der Waals surface area contributed by atoms with Gasteiger partial charge in [0, 0.05) is 12.1 Å². The molecule has 3 nitrogen and oxygen atoms in total. The Bertz CT molecular complexity index is 477. The standard InChI is InChI=1S/C15H20N2O/c1-3-5-12-6-4-9-16-15(12)17-13-8-7-11(2)10-14(13)18/h4,7-10,12,18H,3,5-6H2,1-2H3,(H,16,17). The monoisotopic (exact) mass is 244 g/mol. The van der Waals surface area contributed by atoms with Gasteiger partial charge in [-0.15, -0.1) is 0 Å². The Labute approximate surface area is 108 Å². The van der Waals surface area contributed by atoms with Gasteiger partial charge in [0.15, 0.2) is 0 Å². The van der Waals surface area contributed by atoms with Gasteiger partial charge in [0.2, 0.25) is 0 Å². The number of nitrogens with one attached hydrogen (secondary N) is 1. The van der Waals surface area contributed by atoms with Gasteiger partial charge in [-0.25, -0.2) is 4.99 Å². The molecule has 1 aliphatic rings. The number of phenolic OH excluding ortho intramolecular Hbond substituents is 1. The summed E-state index contributed by atoms with van der Waals surface area (Å²) in [5.41, 5.74) is 1.78. The van der Waals surface area contributed by atoms with Gasteiger partial charge in [-0.3, -0.25) is 0 Å². The Kier molecular flexibility index (Phi) is 4.03. The number of aliphatic imine (C=N–C) groups is 1. The molecule has 1 aromatic rings. The molecule has 0 fully saturated rings. The average Bonchev–Trinajstić information content (AvgIpc) is 2.35. The molecule has 96 valence electrons. The first-order valence-corrected chi connectivity index (χ1v) is 6.50. The number of allylic oxidation sites excluding steroid dienone is 1. The molecular weight excluding hydrogens is 224 g/mol. The van der Waals surface area contributed by atoms with Crippen molar-refractivity contribution in [3.05, 3.63) is 36.0 Å². The third-order valence-electron chi connectivity index (χ3n) is 3.18. The third kappa shape index (κ3) is 2.92. The summed E-state index contributed by atoms with van der Waals surface area (Å²) in [5.74, 6) is 1.67. The highest BCUT2D eigenvalue weighted by Crippen LogP contribution is 2.26. The minimum absolute atomic E-state index is 0.280. The van der Waals surface area contributed by atoms with Crippen LogP contribution in [0.4, 0.5) is 5.69 Å². The van der Waals surface area contributed by atoms with Crippen molar-refractivity contribution < 1.29 is 5.11 Å². The van der Waals surface area contributed by atoms with Gasteiger partial charge < -0.3 is 10.4 Å². The second-order valence-electron chi connectivity index (χ2n) is 4.77. The first-order chi connectivity index (χ1) is 8.70. The molecule has 0 saturated heterocycles. The van der Waals surface area contributed by atoms with Crippen LogP contribution in [0.15, 0.2) is 35.5 Å². The number of benzene rings is 1. The van der Waals surface area contributed by atoms with Gasteiger partial charge >= 0.3 is 0 Å². The van der Waals surface area contributed by atoms with Crippen molar-refractivity contribution in [2.24, 2.45) is 10.9 Å². The minimum Gasteiger partial charge on any atom is -0.506 e. The van der Waals surface area contributed by atoms with Gasteiger partial charge in [-0.1, -0.05) is 25.5 Å². The van der Waals surface area contributed by atoms with Crippen LogP contribution in [0.25, 0.3) is 0 Å². The topological polar surface area (TPSA) is 44.6 Å². The number of hydrogen-bond acceptors (Lipinski definition) is 3. The molecule has 0 saturated carbocycles. The Balaban J connectivity index is 2.16. The van der Waals surface area contributed by atoms with Crippen molar-refractivity contribution in [3.8, 4) is 5.75 Å². The van der Waals surface area contributed by atoms with Crippen molar-refractivity contribution in [2.45, 2.75) is 33.1 Å². The van der Waals surface area contributed by atoms with E-state index < -0.39 is 0 Å². The molecule has 2 rings (SSSR count). The van der Waals surface area contributed by atoms with Crippen molar-refractivity contribution in [1.82, 2.24) is 0 Å². The number of aryl methyl sites for hydroxylation is 1. The number of hydrogen-bond donors (Lipinski definition) is 2. The van der Waals surface area contributed by atoms with Crippen LogP contribution in [0.3, 0.4) is 0 Å². The molecule has 0 aromatic heterocycles. The Hall–Kier alpha value is -1.77. The maximum Gasteiger partial charge on any atom is 0.139 e. The quantitative estimate of drug-likeness (QED) is 0.793. The van der Waals surface area contributed by atoms with Gasteiger partial charge in [0.25, 0.3) is 0 Å². The summed E-state index contributed by atoms with van der Waals surface area (Å²) in [6, 6.07) is 5.64. The van der Waals surface area contributed by atoms with Crippen LogP contribution in [-0.4, -0.2) is 10.9 Å². The van der Waals surface area contributed by atoms with Crippen molar-refractivity contribution >= 4 is 11.5 Å². The lowest BCUT2D eigenvalue weighted by Crippen LogP contribution is -2.24. The lowest BCUT2D eigenvalue weighted by Gasteiger charge is -2.21. The zero-order valence-electron chi connectivity index (χ0n) is 11.0. The van der Waals surface area contributed by atoms with Crippen LogP contribution in [-0.2, 0) is 0 Å². The maximum absolute atomic E-state index is 9.90. The molecule has 0 amide bonds. The van der Waals surface area contributed by atoms with E-state index in [0.29, 0.717) is 5.92 Å². The largest absolute Gasteiger partial charge is 0.506 e. The van der Waals surface area contributed by atoms with Crippen molar-refractivity contribution in [3.63, 3.8) is 0 Å². The Morgan fingerprint density at radius 2 is 2.28 bits per heavy atom. The fraction of sp³-hybridized carbons (Fsp3) is 0.400. The molecule has 18 heavy (non-hydrogen) atoms. The van der Waals surface area contributed by atoms with E-state index in [0.717, 1.165) is 36.3 Å². The van der Waals surface area contributed by atoms with Crippen molar-refractivity contribution in [2.75, 3.05) is 5.32 Å². The lowest BCUT2D eigenvalue weighted by atomic mass is 9.96. The van der Waals surface area contributed by atoms with Gasteiger partial charge in [-0.05, 0) is 37.5 Å². The number of amidine groups is 1. The van der Waals surface area contributed by atoms with Crippen LogP contribution < -0.4 is 5.32 Å². The van der Waals surface area contributed by atoms with E-state index in [4.69, 9.17) is 0 Å². The summed E-state index contributed by atoms with van der Waals surface area (Å²) in [6.45, 7) is 4.14. The molecule has 1 aliphatic heterocycles. The zero-order valence-corrected chi connectivity index (χ0v) is 11.0. The van der Waals surface area contributed by atoms with E-state index in [1.807, 2.05) is 25.3 Å². The highest BCUT2D eigenvalue weighted by Gasteiger charge is 2.17. The second kappa shape index (κ2) is 5.71. The number of nitrogens with zero attached hydrogens (tertiary/aromatic N) is 1. The fourth-order valence-electron chi connectivity index (χ4n) is 2.20. The van der Waals surface area contributed by atoms with Crippen LogP contribution in [0.5, 0.6) is 5.75 Å². The minimum atomic E-state index is 0.280. The SMILES string of the molecule is CCCC1CC=CN=C1Nc1ccc(C)cc1O. The van der Waals surface area contributed by atoms with Crippen LogP contribution >= 0.6 is 0 Å². The number of aromatic hydroxyl groups is 1. The highest BCUT2D eigenvalue weighted by atomic mass is 16.3. The summed E-state index contributed by atoms with van der Waals surface area (Å²) in [4.78, 5) is 4.40. The molecule has 0 spiro atoms. The second-order valence-corrected chi connectivity index (χ2v) is 4.77. The van der Waals surface area contributed by atoms with Gasteiger partial charge in [0.05, 0.1) is 5.69 Å². The normalized spacial score (nSPS) is 18.6. The molecule has 1 heterocycles. The van der Waals surface area contributed by atoms with E-state index in [1.54, 1.807) is 6.07 Å². The summed E-state index contributed by atoms with van der Waals surface area (Å²) >= 11 is 0. The summed E-state index contributed by atoms with van der Waals surface area (Å²) in [7, 11) is 0. The molecule has 1 aromatic carbocycles. The van der Waals surface area contributed by atoms with E-state index >= 15 is 0 Å². The van der Waals surface area contributed by atoms with Gasteiger partial charge in [-0.2, -0.15) is 0 Å². The number of rotatable bonds is 3. The number of phenols is 1. The molecular formula is C15H20N2O. The highest BCUT2D eigenvalue weighted by molar-refractivity contribution is 5.99. The molecule has 1 unspecified atom stereocenters. The Morgan fingerprint density at radius 3 is 3.00 bits per heavy atom. The van der Waals surface area contributed by atoms with E-state index in [2.05, 4.69) is 23.3 Å². The van der Waals surface area contributed by atoms with Gasteiger partial charge in [0.1, 0.15) is 11.6 Å². The summed E-state index contributed by atoms with van der Waals surface area (Å²) in [6.07, 6.45) is 7.20. The maximum atomic E-state index is 9.90. The molecule has 0 radical (unpaired) electrons. The van der Waals surface area contributed by atoms with E-state index in [1.165, 1.54) is 0 Å². The van der Waals surface area contributed by atoms with Crippen LogP contribution in [0.2, 0.25) is 0 Å². The zero-order chi connectivity index (χ0) is 13.0. The predicted octanol–water partition coefficient (Wildman–Crippen LogP) is 3.84. The smallest absolute Gasteiger partial charge is 0.139 e.